The zero-order chi connectivity index (χ0) is 17.7. The van der Waals surface area contributed by atoms with Crippen LogP contribution in [-0.4, -0.2) is 44.3 Å². The van der Waals surface area contributed by atoms with E-state index in [1.165, 1.54) is 29.4 Å². The molecule has 1 amide bonds. The Morgan fingerprint density at radius 2 is 2.12 bits per heavy atom. The monoisotopic (exact) mass is 393 g/mol. The van der Waals surface area contributed by atoms with Gasteiger partial charge in [-0.05, 0) is 31.4 Å². The number of nitrogens with zero attached hydrogens (tertiary/aromatic N) is 1. The molecule has 1 aliphatic rings. The van der Waals surface area contributed by atoms with Crippen LogP contribution in [-0.2, 0) is 14.8 Å². The molecule has 0 saturated carbocycles. The van der Waals surface area contributed by atoms with E-state index < -0.39 is 15.8 Å². The van der Waals surface area contributed by atoms with Crippen molar-refractivity contribution < 1.29 is 17.6 Å². The van der Waals surface area contributed by atoms with Gasteiger partial charge in [-0.2, -0.15) is 4.31 Å². The number of benzene rings is 1. The predicted octanol–water partition coefficient (Wildman–Crippen LogP) is 1.56. The van der Waals surface area contributed by atoms with Crippen molar-refractivity contribution in [1.82, 2.24) is 9.62 Å². The number of halogens is 2. The molecule has 0 radical (unpaired) electrons. The van der Waals surface area contributed by atoms with Gasteiger partial charge >= 0.3 is 0 Å². The quantitative estimate of drug-likeness (QED) is 0.767. The van der Waals surface area contributed by atoms with Crippen molar-refractivity contribution in [3.63, 3.8) is 0 Å². The second-order valence-corrected chi connectivity index (χ2v) is 7.85. The van der Waals surface area contributed by atoms with E-state index in [0.717, 1.165) is 12.8 Å². The van der Waals surface area contributed by atoms with Crippen molar-refractivity contribution in [2.24, 2.45) is 5.73 Å². The summed E-state index contributed by atoms with van der Waals surface area (Å²) in [5, 5.41) is 2.71. The second-order valence-electron chi connectivity index (χ2n) is 6.00. The highest BCUT2D eigenvalue weighted by Gasteiger charge is 2.35. The zero-order valence-electron chi connectivity index (χ0n) is 14.2. The van der Waals surface area contributed by atoms with Gasteiger partial charge in [0.1, 0.15) is 10.7 Å². The normalized spacial score (nSPS) is 18.4. The van der Waals surface area contributed by atoms with Crippen molar-refractivity contribution in [3.8, 4) is 0 Å². The van der Waals surface area contributed by atoms with Gasteiger partial charge in [0.25, 0.3) is 0 Å². The number of aryl methyl sites for hydroxylation is 1. The summed E-state index contributed by atoms with van der Waals surface area (Å²) < 4.78 is 41.4. The topological polar surface area (TPSA) is 92.5 Å². The molecule has 6 nitrogen and oxygen atoms in total. The summed E-state index contributed by atoms with van der Waals surface area (Å²) in [4.78, 5) is 11.3. The summed E-state index contributed by atoms with van der Waals surface area (Å²) in [6.45, 7) is 2.32. The van der Waals surface area contributed by atoms with E-state index >= 15 is 0 Å². The molecule has 25 heavy (non-hydrogen) atoms. The number of rotatable bonds is 6. The highest BCUT2D eigenvalue weighted by molar-refractivity contribution is 7.89. The molecule has 9 heteroatoms. The number of amides is 1. The molecule has 0 aliphatic carbocycles. The molecule has 1 heterocycles. The van der Waals surface area contributed by atoms with Crippen LogP contribution in [0, 0.1) is 12.7 Å². The van der Waals surface area contributed by atoms with Crippen LogP contribution >= 0.6 is 12.4 Å². The van der Waals surface area contributed by atoms with Crippen LogP contribution in [0.1, 0.15) is 31.2 Å². The van der Waals surface area contributed by atoms with Gasteiger partial charge in [0.2, 0.25) is 15.9 Å². The van der Waals surface area contributed by atoms with Crippen LogP contribution in [0.15, 0.2) is 23.1 Å². The number of hydrogen-bond acceptors (Lipinski definition) is 4. The Kier molecular flexibility index (Phi) is 8.27. The lowest BCUT2D eigenvalue weighted by Gasteiger charge is -2.34. The average molecular weight is 394 g/mol. The highest BCUT2D eigenvalue weighted by Crippen LogP contribution is 2.27. The average Bonchev–Trinajstić information content (AvgIpc) is 2.56. The largest absolute Gasteiger partial charge is 0.354 e. The lowest BCUT2D eigenvalue weighted by molar-refractivity contribution is -0.121. The minimum absolute atomic E-state index is 0. The highest BCUT2D eigenvalue weighted by atomic mass is 35.5. The van der Waals surface area contributed by atoms with Crippen molar-refractivity contribution in [2.45, 2.75) is 43.5 Å². The van der Waals surface area contributed by atoms with Gasteiger partial charge in [-0.1, -0.05) is 18.6 Å². The van der Waals surface area contributed by atoms with E-state index in [0.29, 0.717) is 18.5 Å². The van der Waals surface area contributed by atoms with Gasteiger partial charge < -0.3 is 11.1 Å². The third kappa shape index (κ3) is 5.13. The number of carbonyl (C=O) groups is 1. The van der Waals surface area contributed by atoms with Crippen molar-refractivity contribution >= 4 is 28.3 Å². The first-order chi connectivity index (χ1) is 11.4. The Bertz CT molecular complexity index is 700. The third-order valence-electron chi connectivity index (χ3n) is 4.22. The number of nitrogens with two attached hydrogens (primary N) is 1. The van der Waals surface area contributed by atoms with E-state index in [9.17, 15) is 17.6 Å². The fraction of sp³-hybridized carbons (Fsp3) is 0.562. The molecule has 2 rings (SSSR count). The molecule has 0 bridgehead atoms. The molecule has 142 valence electrons. The molecule has 0 aromatic heterocycles. The lowest BCUT2D eigenvalue weighted by Crippen LogP contribution is -2.49. The summed E-state index contributed by atoms with van der Waals surface area (Å²) in [5.41, 5.74) is 5.63. The van der Waals surface area contributed by atoms with Gasteiger partial charge in [-0.3, -0.25) is 4.79 Å². The van der Waals surface area contributed by atoms with Crippen LogP contribution in [0.5, 0.6) is 0 Å². The van der Waals surface area contributed by atoms with Gasteiger partial charge in [0.15, 0.2) is 0 Å². The summed E-state index contributed by atoms with van der Waals surface area (Å²) in [7, 11) is -3.94. The number of piperidine rings is 1. The van der Waals surface area contributed by atoms with Crippen molar-refractivity contribution in [1.29, 1.82) is 0 Å². The van der Waals surface area contributed by atoms with Crippen LogP contribution in [0.25, 0.3) is 0 Å². The van der Waals surface area contributed by atoms with Crippen LogP contribution in [0.2, 0.25) is 0 Å². The van der Waals surface area contributed by atoms with E-state index in [-0.39, 0.29) is 48.8 Å². The van der Waals surface area contributed by atoms with Crippen LogP contribution in [0.3, 0.4) is 0 Å². The molecule has 1 saturated heterocycles. The minimum Gasteiger partial charge on any atom is -0.354 e. The maximum absolute atomic E-state index is 14.3. The number of carbonyl (C=O) groups excluding carboxylic acids is 1. The maximum atomic E-state index is 14.3. The summed E-state index contributed by atoms with van der Waals surface area (Å²) in [6, 6.07) is 3.99. The number of hydrogen-bond donors (Lipinski definition) is 2. The molecule has 1 unspecified atom stereocenters. The molecule has 1 atom stereocenters. The SMILES string of the molecule is Cc1cccc(S(=O)(=O)N2CCCCC2CNC(=O)CCN)c1F.Cl. The zero-order valence-corrected chi connectivity index (χ0v) is 15.8. The molecule has 3 N–H and O–H groups in total. The number of nitrogens with one attached hydrogen (secondary N) is 1. The Morgan fingerprint density at radius 3 is 2.80 bits per heavy atom. The van der Waals surface area contributed by atoms with Gasteiger partial charge in [-0.25, -0.2) is 12.8 Å². The summed E-state index contributed by atoms with van der Waals surface area (Å²) in [6.07, 6.45) is 2.43. The predicted molar refractivity (Wildman–Crippen MR) is 96.6 cm³/mol. The fourth-order valence-corrected chi connectivity index (χ4v) is 4.72. The molecule has 1 aromatic carbocycles. The number of sulfonamides is 1. The molecule has 0 spiro atoms. The molecule has 1 fully saturated rings. The Morgan fingerprint density at radius 1 is 1.40 bits per heavy atom. The first kappa shape index (κ1) is 21.8. The van der Waals surface area contributed by atoms with Crippen molar-refractivity contribution in [2.75, 3.05) is 19.6 Å². The van der Waals surface area contributed by atoms with E-state index in [2.05, 4.69) is 5.32 Å². The molecular formula is C16H25ClFN3O3S. The Balaban J connectivity index is 0.00000312. The third-order valence-corrected chi connectivity index (χ3v) is 6.19. The fourth-order valence-electron chi connectivity index (χ4n) is 2.89. The minimum atomic E-state index is -3.94. The lowest BCUT2D eigenvalue weighted by atomic mass is 10.1. The van der Waals surface area contributed by atoms with Crippen LogP contribution in [0.4, 0.5) is 4.39 Å². The Labute approximate surface area is 154 Å². The molecule has 1 aliphatic heterocycles. The van der Waals surface area contributed by atoms with Gasteiger partial charge in [0.05, 0.1) is 0 Å². The van der Waals surface area contributed by atoms with Crippen LogP contribution < -0.4 is 11.1 Å². The maximum Gasteiger partial charge on any atom is 0.246 e. The van der Waals surface area contributed by atoms with E-state index in [4.69, 9.17) is 5.73 Å². The van der Waals surface area contributed by atoms with Gasteiger partial charge in [-0.15, -0.1) is 12.4 Å². The van der Waals surface area contributed by atoms with Crippen molar-refractivity contribution in [3.05, 3.63) is 29.6 Å². The van der Waals surface area contributed by atoms with E-state index in [1.54, 1.807) is 0 Å². The van der Waals surface area contributed by atoms with Gasteiger partial charge in [0, 0.05) is 32.1 Å². The standard InChI is InChI=1S/C16H24FN3O3S.ClH/c1-12-5-4-7-14(16(12)17)24(22,23)20-10-3-2-6-13(20)11-19-15(21)8-9-18;/h4-5,7,13H,2-3,6,8-11,18H2,1H3,(H,19,21);1H. The smallest absolute Gasteiger partial charge is 0.246 e. The Hall–Kier alpha value is -1.22. The molecular weight excluding hydrogens is 369 g/mol. The van der Waals surface area contributed by atoms with E-state index in [1.807, 2.05) is 0 Å². The second kappa shape index (κ2) is 9.47. The first-order valence-electron chi connectivity index (χ1n) is 8.11. The summed E-state index contributed by atoms with van der Waals surface area (Å²) >= 11 is 0. The molecule has 1 aromatic rings. The first-order valence-corrected chi connectivity index (χ1v) is 9.55. The summed E-state index contributed by atoms with van der Waals surface area (Å²) in [5.74, 6) is -0.920.